The lowest BCUT2D eigenvalue weighted by Gasteiger charge is -2.16. The van der Waals surface area contributed by atoms with Gasteiger partial charge in [-0.15, -0.1) is 0 Å². The van der Waals surface area contributed by atoms with Crippen LogP contribution in [0.4, 0.5) is 0 Å². The minimum atomic E-state index is -1.38. The van der Waals surface area contributed by atoms with E-state index in [-0.39, 0.29) is 6.42 Å². The number of primary amides is 1. The van der Waals surface area contributed by atoms with Gasteiger partial charge in [0.15, 0.2) is 5.78 Å². The lowest BCUT2D eigenvalue weighted by molar-refractivity contribution is -0.144. The maximum Gasteiger partial charge on any atom is 0.304 e. The summed E-state index contributed by atoms with van der Waals surface area (Å²) in [6, 6.07) is 8.07. The highest BCUT2D eigenvalue weighted by Crippen LogP contribution is 2.10. The molecule has 1 aromatic carbocycles. The van der Waals surface area contributed by atoms with Crippen molar-refractivity contribution in [1.82, 2.24) is 0 Å². The first kappa shape index (κ1) is 14.8. The number of Topliss-reactive ketones (excluding diaryl/α,β-unsaturated/α-hetero) is 1. The Morgan fingerprint density at radius 1 is 1.16 bits per heavy atom. The molecule has 0 bridgehead atoms. The first-order valence-electron chi connectivity index (χ1n) is 5.76. The average Bonchev–Trinajstić information content (AvgIpc) is 2.35. The SMILES string of the molecule is NC(=O)[C@@H](CC(=O)O)C(=O)[C@@H](N)Cc1ccccc1. The van der Waals surface area contributed by atoms with Crippen LogP contribution < -0.4 is 11.5 Å². The Hall–Kier alpha value is -2.21. The van der Waals surface area contributed by atoms with Gasteiger partial charge in [-0.25, -0.2) is 0 Å². The van der Waals surface area contributed by atoms with Gasteiger partial charge in [0.1, 0.15) is 5.92 Å². The zero-order valence-corrected chi connectivity index (χ0v) is 10.3. The van der Waals surface area contributed by atoms with Crippen LogP contribution in [0, 0.1) is 5.92 Å². The van der Waals surface area contributed by atoms with E-state index in [1.807, 2.05) is 6.07 Å². The van der Waals surface area contributed by atoms with E-state index in [9.17, 15) is 14.4 Å². The van der Waals surface area contributed by atoms with E-state index >= 15 is 0 Å². The maximum absolute atomic E-state index is 11.9. The van der Waals surface area contributed by atoms with E-state index in [0.29, 0.717) is 0 Å². The molecule has 102 valence electrons. The Bertz CT molecular complexity index is 473. The minimum Gasteiger partial charge on any atom is -0.481 e. The van der Waals surface area contributed by atoms with Gasteiger partial charge in [-0.3, -0.25) is 14.4 Å². The average molecular weight is 264 g/mol. The second kappa shape index (κ2) is 6.65. The van der Waals surface area contributed by atoms with Crippen molar-refractivity contribution in [1.29, 1.82) is 0 Å². The first-order valence-corrected chi connectivity index (χ1v) is 5.76. The van der Waals surface area contributed by atoms with Gasteiger partial charge in [0.05, 0.1) is 12.5 Å². The zero-order valence-electron chi connectivity index (χ0n) is 10.3. The molecule has 6 heteroatoms. The van der Waals surface area contributed by atoms with Crippen LogP contribution in [0.3, 0.4) is 0 Å². The van der Waals surface area contributed by atoms with Crippen LogP contribution >= 0.6 is 0 Å². The summed E-state index contributed by atoms with van der Waals surface area (Å²) in [5.74, 6) is -4.24. The number of hydrogen-bond acceptors (Lipinski definition) is 4. The summed E-state index contributed by atoms with van der Waals surface area (Å²) in [5, 5.41) is 8.65. The van der Waals surface area contributed by atoms with E-state index in [4.69, 9.17) is 16.6 Å². The van der Waals surface area contributed by atoms with Crippen molar-refractivity contribution in [2.75, 3.05) is 0 Å². The molecule has 0 aliphatic carbocycles. The summed E-state index contributed by atoms with van der Waals surface area (Å²) in [4.78, 5) is 33.6. The third-order valence-corrected chi connectivity index (χ3v) is 2.73. The van der Waals surface area contributed by atoms with E-state index in [0.717, 1.165) is 5.56 Å². The van der Waals surface area contributed by atoms with E-state index in [1.165, 1.54) is 0 Å². The topological polar surface area (TPSA) is 123 Å². The molecular weight excluding hydrogens is 248 g/mol. The van der Waals surface area contributed by atoms with Crippen molar-refractivity contribution < 1.29 is 19.5 Å². The van der Waals surface area contributed by atoms with Crippen LogP contribution in [0.2, 0.25) is 0 Å². The Morgan fingerprint density at radius 2 is 1.74 bits per heavy atom. The van der Waals surface area contributed by atoms with Crippen LogP contribution in [0.15, 0.2) is 30.3 Å². The van der Waals surface area contributed by atoms with Gasteiger partial charge in [0.25, 0.3) is 0 Å². The Kier molecular flexibility index (Phi) is 5.20. The molecule has 0 aliphatic heterocycles. The standard InChI is InChI=1S/C13H16N2O4/c14-10(6-8-4-2-1-3-5-8)12(18)9(13(15)19)7-11(16)17/h1-5,9-10H,6-7,14H2,(H2,15,19)(H,16,17)/t9-,10-/m0/s1. The van der Waals surface area contributed by atoms with E-state index in [2.05, 4.69) is 0 Å². The molecule has 6 nitrogen and oxygen atoms in total. The lowest BCUT2D eigenvalue weighted by Crippen LogP contribution is -2.43. The number of rotatable bonds is 7. The first-order chi connectivity index (χ1) is 8.91. The van der Waals surface area contributed by atoms with Gasteiger partial charge >= 0.3 is 5.97 Å². The molecule has 5 N–H and O–H groups in total. The minimum absolute atomic E-state index is 0.239. The van der Waals surface area contributed by atoms with Crippen LogP contribution in [0.1, 0.15) is 12.0 Å². The summed E-state index contributed by atoms with van der Waals surface area (Å²) in [7, 11) is 0. The predicted octanol–water partition coefficient (Wildman–Crippen LogP) is -0.298. The largest absolute Gasteiger partial charge is 0.481 e. The fourth-order valence-corrected chi connectivity index (χ4v) is 1.74. The third-order valence-electron chi connectivity index (χ3n) is 2.73. The quantitative estimate of drug-likeness (QED) is 0.583. The molecule has 19 heavy (non-hydrogen) atoms. The summed E-state index contributed by atoms with van der Waals surface area (Å²) >= 11 is 0. The lowest BCUT2D eigenvalue weighted by atomic mass is 9.91. The number of amides is 1. The molecule has 0 spiro atoms. The molecule has 2 atom stereocenters. The molecule has 0 fully saturated rings. The highest BCUT2D eigenvalue weighted by molar-refractivity contribution is 6.05. The second-order valence-corrected chi connectivity index (χ2v) is 4.25. The number of carboxylic acids is 1. The number of aliphatic carboxylic acids is 1. The Morgan fingerprint density at radius 3 is 2.21 bits per heavy atom. The molecule has 0 radical (unpaired) electrons. The summed E-state index contributed by atoms with van der Waals surface area (Å²) in [5.41, 5.74) is 11.6. The van der Waals surface area contributed by atoms with Gasteiger partial charge < -0.3 is 16.6 Å². The molecule has 0 unspecified atom stereocenters. The molecule has 0 aromatic heterocycles. The number of nitrogens with two attached hydrogens (primary N) is 2. The van der Waals surface area contributed by atoms with Crippen LogP contribution in [-0.2, 0) is 20.8 Å². The number of carbonyl (C=O) groups excluding carboxylic acids is 2. The molecule has 1 rings (SSSR count). The van der Waals surface area contributed by atoms with Crippen molar-refractivity contribution >= 4 is 17.7 Å². The number of hydrogen-bond donors (Lipinski definition) is 3. The fraction of sp³-hybridized carbons (Fsp3) is 0.308. The van der Waals surface area contributed by atoms with E-state index < -0.39 is 36.0 Å². The number of ketones is 1. The molecule has 0 heterocycles. The number of benzene rings is 1. The van der Waals surface area contributed by atoms with Crippen molar-refractivity contribution in [2.24, 2.45) is 17.4 Å². The zero-order chi connectivity index (χ0) is 14.4. The second-order valence-electron chi connectivity index (χ2n) is 4.25. The summed E-state index contributed by atoms with van der Waals surface area (Å²) in [6.45, 7) is 0. The van der Waals surface area contributed by atoms with Gasteiger partial charge in [0, 0.05) is 0 Å². The molecule has 1 amide bonds. The summed E-state index contributed by atoms with van der Waals surface area (Å²) < 4.78 is 0. The van der Waals surface area contributed by atoms with Crippen LogP contribution in [0.5, 0.6) is 0 Å². The molecule has 0 saturated heterocycles. The monoisotopic (exact) mass is 264 g/mol. The Balaban J connectivity index is 2.74. The van der Waals surface area contributed by atoms with Crippen LogP contribution in [-0.4, -0.2) is 28.8 Å². The normalized spacial score (nSPS) is 13.5. The predicted molar refractivity (Wildman–Crippen MR) is 68.1 cm³/mol. The molecule has 1 aromatic rings. The Labute approximate surface area is 110 Å². The maximum atomic E-state index is 11.9. The molecule has 0 saturated carbocycles. The van der Waals surface area contributed by atoms with Crippen molar-refractivity contribution in [2.45, 2.75) is 18.9 Å². The van der Waals surface area contributed by atoms with Gasteiger partial charge in [0.2, 0.25) is 5.91 Å². The van der Waals surface area contributed by atoms with Gasteiger partial charge in [-0.2, -0.15) is 0 Å². The smallest absolute Gasteiger partial charge is 0.304 e. The van der Waals surface area contributed by atoms with Crippen LogP contribution in [0.25, 0.3) is 0 Å². The van der Waals surface area contributed by atoms with Crippen molar-refractivity contribution in [3.05, 3.63) is 35.9 Å². The fourth-order valence-electron chi connectivity index (χ4n) is 1.74. The summed E-state index contributed by atoms with van der Waals surface area (Å²) in [6.07, 6.45) is -0.389. The highest BCUT2D eigenvalue weighted by Gasteiger charge is 2.30. The highest BCUT2D eigenvalue weighted by atomic mass is 16.4. The third kappa shape index (κ3) is 4.51. The van der Waals surface area contributed by atoms with Crippen molar-refractivity contribution in [3.63, 3.8) is 0 Å². The molecular formula is C13H16N2O4. The number of carbonyl (C=O) groups is 3. The van der Waals surface area contributed by atoms with E-state index in [1.54, 1.807) is 24.3 Å². The van der Waals surface area contributed by atoms with Crippen molar-refractivity contribution in [3.8, 4) is 0 Å². The van der Waals surface area contributed by atoms with Gasteiger partial charge in [-0.1, -0.05) is 30.3 Å². The number of carboxylic acid groups (broad SMARTS) is 1. The molecule has 0 aliphatic rings. The van der Waals surface area contributed by atoms with Gasteiger partial charge in [-0.05, 0) is 12.0 Å².